The molecule has 6 heteroatoms. The summed E-state index contributed by atoms with van der Waals surface area (Å²) >= 11 is 0. The number of benzene rings is 8. The molecule has 0 saturated heterocycles. The lowest BCUT2D eigenvalue weighted by Gasteiger charge is -2.11. The molecule has 3 heterocycles. The summed E-state index contributed by atoms with van der Waals surface area (Å²) in [6.45, 7) is 0. The Morgan fingerprint density at radius 2 is 0.607 bits per heavy atom. The predicted molar refractivity (Wildman–Crippen MR) is 248 cm³/mol. The van der Waals surface area contributed by atoms with E-state index in [1.165, 1.54) is 0 Å². The zero-order chi connectivity index (χ0) is 40.5. The van der Waals surface area contributed by atoms with E-state index in [0.29, 0.717) is 23.3 Å². The van der Waals surface area contributed by atoms with Crippen LogP contribution in [-0.2, 0) is 0 Å². The maximum Gasteiger partial charge on any atom is 0.164 e. The summed E-state index contributed by atoms with van der Waals surface area (Å²) in [5.74, 6) is 2.61. The van der Waals surface area contributed by atoms with Gasteiger partial charge in [0.1, 0.15) is 5.65 Å². The molecule has 0 fully saturated rings. The van der Waals surface area contributed by atoms with Crippen molar-refractivity contribution in [2.24, 2.45) is 0 Å². The molecule has 0 atom stereocenters. The molecule has 3 aromatic heterocycles. The van der Waals surface area contributed by atoms with Crippen molar-refractivity contribution in [1.29, 1.82) is 0 Å². The van der Waals surface area contributed by atoms with Gasteiger partial charge in [-0.05, 0) is 40.5 Å². The fourth-order valence-electron chi connectivity index (χ4n) is 8.04. The minimum absolute atomic E-state index is 0.637. The molecule has 11 rings (SSSR count). The molecule has 0 spiro atoms. The van der Waals surface area contributed by atoms with Crippen molar-refractivity contribution in [3.05, 3.63) is 218 Å². The van der Waals surface area contributed by atoms with Gasteiger partial charge in [0, 0.05) is 38.9 Å². The molecule has 0 aliphatic heterocycles. The molecule has 0 bridgehead atoms. The van der Waals surface area contributed by atoms with Gasteiger partial charge in [0.15, 0.2) is 23.3 Å². The van der Waals surface area contributed by atoms with E-state index in [1.807, 2.05) is 72.8 Å². The van der Waals surface area contributed by atoms with E-state index >= 15 is 0 Å². The van der Waals surface area contributed by atoms with Crippen LogP contribution in [0, 0.1) is 0 Å². The lowest BCUT2D eigenvalue weighted by molar-refractivity contribution is 1.07. The third kappa shape index (κ3) is 6.82. The molecule has 0 saturated carbocycles. The van der Waals surface area contributed by atoms with Gasteiger partial charge in [-0.3, -0.25) is 4.57 Å². The van der Waals surface area contributed by atoms with Crippen LogP contribution in [0.2, 0.25) is 0 Å². The molecule has 0 aliphatic carbocycles. The zero-order valence-electron chi connectivity index (χ0n) is 33.0. The number of aromatic nitrogens is 6. The van der Waals surface area contributed by atoms with Gasteiger partial charge in [0.2, 0.25) is 0 Å². The molecule has 0 N–H and O–H groups in total. The maximum atomic E-state index is 5.30. The number of nitrogens with zero attached hydrogens (tertiary/aromatic N) is 6. The predicted octanol–water partition coefficient (Wildman–Crippen LogP) is 13.4. The van der Waals surface area contributed by atoms with Gasteiger partial charge in [-0.25, -0.2) is 24.9 Å². The highest BCUT2D eigenvalue weighted by atomic mass is 15.1. The molecule has 8 aromatic carbocycles. The number of fused-ring (bicyclic) bond motifs is 3. The summed E-state index contributed by atoms with van der Waals surface area (Å²) in [5, 5.41) is 2.17. The Hall–Kier alpha value is -8.35. The van der Waals surface area contributed by atoms with E-state index in [-0.39, 0.29) is 0 Å². The minimum atomic E-state index is 0.637. The molecular weight excluding hydrogens is 745 g/mol. The third-order valence-corrected chi connectivity index (χ3v) is 11.1. The van der Waals surface area contributed by atoms with E-state index in [4.69, 9.17) is 24.9 Å². The van der Waals surface area contributed by atoms with Crippen LogP contribution >= 0.6 is 0 Å². The van der Waals surface area contributed by atoms with Gasteiger partial charge in [0.05, 0.1) is 16.6 Å². The molecule has 6 nitrogen and oxygen atoms in total. The lowest BCUT2D eigenvalue weighted by atomic mass is 9.98. The molecule has 0 aliphatic rings. The third-order valence-electron chi connectivity index (χ3n) is 11.1. The molecule has 286 valence electrons. The van der Waals surface area contributed by atoms with Crippen LogP contribution in [0.25, 0.3) is 107 Å². The van der Waals surface area contributed by atoms with Crippen LogP contribution < -0.4 is 0 Å². The number of hydrogen-bond donors (Lipinski definition) is 0. The average Bonchev–Trinajstić information content (AvgIpc) is 3.69. The second-order valence-corrected chi connectivity index (χ2v) is 14.9. The van der Waals surface area contributed by atoms with Gasteiger partial charge < -0.3 is 0 Å². The minimum Gasteiger partial charge on any atom is -0.294 e. The number of para-hydroxylation sites is 2. The van der Waals surface area contributed by atoms with Crippen LogP contribution in [-0.4, -0.2) is 29.5 Å². The fourth-order valence-corrected chi connectivity index (χ4v) is 8.04. The highest BCUT2D eigenvalue weighted by Crippen LogP contribution is 2.38. The Balaban J connectivity index is 0.901. The molecule has 0 unspecified atom stereocenters. The number of hydrogen-bond acceptors (Lipinski definition) is 5. The zero-order valence-corrected chi connectivity index (χ0v) is 33.0. The summed E-state index contributed by atoms with van der Waals surface area (Å²) in [6.07, 6.45) is 0. The summed E-state index contributed by atoms with van der Waals surface area (Å²) in [7, 11) is 0. The Bertz CT molecular complexity index is 3240. The first kappa shape index (κ1) is 35.8. The van der Waals surface area contributed by atoms with Crippen molar-refractivity contribution < 1.29 is 0 Å². The Labute approximate surface area is 353 Å². The van der Waals surface area contributed by atoms with Gasteiger partial charge in [-0.2, -0.15) is 0 Å². The van der Waals surface area contributed by atoms with Crippen LogP contribution in [0.3, 0.4) is 0 Å². The fraction of sp³-hybridized carbons (Fsp3) is 0. The van der Waals surface area contributed by atoms with Crippen molar-refractivity contribution in [3.63, 3.8) is 0 Å². The maximum absolute atomic E-state index is 5.30. The Morgan fingerprint density at radius 3 is 1.07 bits per heavy atom. The van der Waals surface area contributed by atoms with Gasteiger partial charge in [-0.15, -0.1) is 0 Å². The van der Waals surface area contributed by atoms with E-state index in [1.54, 1.807) is 0 Å². The highest BCUT2D eigenvalue weighted by Gasteiger charge is 2.21. The summed E-state index contributed by atoms with van der Waals surface area (Å²) in [4.78, 5) is 25.2. The van der Waals surface area contributed by atoms with Crippen molar-refractivity contribution in [1.82, 2.24) is 29.5 Å². The van der Waals surface area contributed by atoms with Crippen LogP contribution in [0.1, 0.15) is 0 Å². The Kier molecular flexibility index (Phi) is 9.06. The Morgan fingerprint density at radius 1 is 0.262 bits per heavy atom. The first-order valence-corrected chi connectivity index (χ1v) is 20.3. The van der Waals surface area contributed by atoms with E-state index in [9.17, 15) is 0 Å². The number of rotatable bonds is 8. The van der Waals surface area contributed by atoms with Gasteiger partial charge in [-0.1, -0.05) is 200 Å². The quantitative estimate of drug-likeness (QED) is 0.154. The van der Waals surface area contributed by atoms with Crippen molar-refractivity contribution >= 4 is 21.9 Å². The standard InChI is InChI=1S/C55H36N6/c1-5-15-41(16-6-1)50-49-47-23-13-14-24-48(47)61(46-21-11-4-12-22-46)55(49)60-51(56-50)44-33-29-39(30-34-44)37-25-27-38(28-26-37)40-31-35-45(36-32-40)54-58-52(42-17-7-2-8-18-42)57-53(59-54)43-19-9-3-10-20-43/h1-36H. The molecular formula is C55H36N6. The monoisotopic (exact) mass is 780 g/mol. The topological polar surface area (TPSA) is 69.4 Å². The van der Waals surface area contributed by atoms with Gasteiger partial charge in [0.25, 0.3) is 0 Å². The smallest absolute Gasteiger partial charge is 0.164 e. The summed E-state index contributed by atoms with van der Waals surface area (Å²) in [6, 6.07) is 75.2. The van der Waals surface area contributed by atoms with Crippen LogP contribution in [0.5, 0.6) is 0 Å². The van der Waals surface area contributed by atoms with Crippen LogP contribution in [0.4, 0.5) is 0 Å². The normalized spacial score (nSPS) is 11.3. The SMILES string of the molecule is c1ccc(-c2nc(-c3ccccc3)nc(-c3ccc(-c4ccc(-c5ccc(-c6nc(-c7ccccc7)c7c8ccccc8n(-c8ccccc8)c7n6)cc5)cc4)cc3)n2)cc1. The van der Waals surface area contributed by atoms with Gasteiger partial charge >= 0.3 is 0 Å². The van der Waals surface area contributed by atoms with E-state index in [2.05, 4.69) is 150 Å². The summed E-state index contributed by atoms with van der Waals surface area (Å²) < 4.78 is 2.25. The largest absolute Gasteiger partial charge is 0.294 e. The second-order valence-electron chi connectivity index (χ2n) is 14.9. The molecule has 11 aromatic rings. The van der Waals surface area contributed by atoms with Crippen LogP contribution in [0.15, 0.2) is 218 Å². The molecule has 0 amide bonds. The van der Waals surface area contributed by atoms with E-state index in [0.717, 1.165) is 83.4 Å². The first-order chi connectivity index (χ1) is 30.2. The van der Waals surface area contributed by atoms with Crippen molar-refractivity contribution in [2.75, 3.05) is 0 Å². The molecule has 61 heavy (non-hydrogen) atoms. The molecule has 0 radical (unpaired) electrons. The van der Waals surface area contributed by atoms with Crippen molar-refractivity contribution in [2.45, 2.75) is 0 Å². The van der Waals surface area contributed by atoms with E-state index < -0.39 is 0 Å². The summed E-state index contributed by atoms with van der Waals surface area (Å²) in [5.41, 5.74) is 13.3. The average molecular weight is 781 g/mol. The lowest BCUT2D eigenvalue weighted by Crippen LogP contribution is -2.00. The second kappa shape index (κ2) is 15.4. The first-order valence-electron chi connectivity index (χ1n) is 20.3. The highest BCUT2D eigenvalue weighted by molar-refractivity contribution is 6.14. The van der Waals surface area contributed by atoms with Crippen molar-refractivity contribution in [3.8, 4) is 84.7 Å².